The Morgan fingerprint density at radius 3 is 2.06 bits per heavy atom. The summed E-state index contributed by atoms with van der Waals surface area (Å²) in [5, 5.41) is 12.6. The van der Waals surface area contributed by atoms with Gasteiger partial charge in [0.2, 0.25) is 0 Å². The van der Waals surface area contributed by atoms with Gasteiger partial charge in [-0.1, -0.05) is 45.0 Å². The number of methoxy groups -OCH3 is 1. The number of nitrogens with one attached hydrogen (secondary N) is 1. The number of ether oxygens (including phenoxy) is 1. The maximum Gasteiger partial charge on any atom is 0.182 e. The Morgan fingerprint density at radius 1 is 0.935 bits per heavy atom. The second-order valence-electron chi connectivity index (χ2n) is 6.92. The van der Waals surface area contributed by atoms with Gasteiger partial charge in [0.25, 0.3) is 0 Å². The number of hydrogen-bond donors (Lipinski definition) is 2. The van der Waals surface area contributed by atoms with Crippen LogP contribution in [0.15, 0.2) is 65.5 Å². The molecule has 0 amide bonds. The molecule has 166 valence electrons. The Balaban J connectivity index is 0.00000166. The predicted octanol–water partition coefficient (Wildman–Crippen LogP) is 5.11. The average molecular weight is 423 g/mol. The van der Waals surface area contributed by atoms with Crippen LogP contribution in [0.1, 0.15) is 38.6 Å². The van der Waals surface area contributed by atoms with Crippen molar-refractivity contribution in [3.63, 3.8) is 0 Å². The first-order valence-electron chi connectivity index (χ1n) is 11.0. The van der Waals surface area contributed by atoms with Crippen molar-refractivity contribution in [1.82, 2.24) is 4.57 Å². The van der Waals surface area contributed by atoms with Crippen molar-refractivity contribution in [2.45, 2.75) is 46.7 Å². The molecule has 0 bridgehead atoms. The first-order chi connectivity index (χ1) is 15.1. The summed E-state index contributed by atoms with van der Waals surface area (Å²) in [6.45, 7) is 7.43. The molecule has 2 aromatic carbocycles. The fourth-order valence-corrected chi connectivity index (χ4v) is 3.42. The van der Waals surface area contributed by atoms with E-state index in [0.717, 1.165) is 40.4 Å². The van der Waals surface area contributed by atoms with Crippen LogP contribution >= 0.6 is 0 Å². The van der Waals surface area contributed by atoms with E-state index >= 15 is 0 Å². The lowest BCUT2D eigenvalue weighted by Gasteiger charge is -2.18. The van der Waals surface area contributed by atoms with Gasteiger partial charge in [0.15, 0.2) is 5.43 Å². The number of benzene rings is 2. The van der Waals surface area contributed by atoms with E-state index < -0.39 is 0 Å². The van der Waals surface area contributed by atoms with Gasteiger partial charge in [0.05, 0.1) is 13.7 Å². The van der Waals surface area contributed by atoms with E-state index in [1.165, 1.54) is 0 Å². The lowest BCUT2D eigenvalue weighted by atomic mass is 10.1. The van der Waals surface area contributed by atoms with Gasteiger partial charge in [0.1, 0.15) is 5.75 Å². The van der Waals surface area contributed by atoms with Crippen molar-refractivity contribution in [3.05, 3.63) is 82.3 Å². The Kier molecular flexibility index (Phi) is 9.85. The highest BCUT2D eigenvalue weighted by atomic mass is 16.5. The van der Waals surface area contributed by atoms with E-state index in [0.29, 0.717) is 19.5 Å². The third-order valence-electron chi connectivity index (χ3n) is 5.00. The van der Waals surface area contributed by atoms with Gasteiger partial charge in [-0.2, -0.15) is 0 Å². The minimum absolute atomic E-state index is 0.0220. The monoisotopic (exact) mass is 422 g/mol. The maximum absolute atomic E-state index is 12.1. The second-order valence-corrected chi connectivity index (χ2v) is 6.92. The summed E-state index contributed by atoms with van der Waals surface area (Å²) < 4.78 is 7.34. The molecule has 0 aliphatic rings. The predicted molar refractivity (Wildman–Crippen MR) is 129 cm³/mol. The van der Waals surface area contributed by atoms with Crippen LogP contribution in [0.3, 0.4) is 0 Å². The Morgan fingerprint density at radius 2 is 1.52 bits per heavy atom. The quantitative estimate of drug-likeness (QED) is 0.503. The van der Waals surface area contributed by atoms with Gasteiger partial charge >= 0.3 is 0 Å². The number of anilines is 1. The molecule has 1 aromatic heterocycles. The maximum atomic E-state index is 12.1. The zero-order valence-electron chi connectivity index (χ0n) is 19.0. The number of nitrogens with zero attached hydrogens (tertiary/aromatic N) is 1. The number of hydrogen-bond acceptors (Lipinski definition) is 4. The molecule has 3 rings (SSSR count). The van der Waals surface area contributed by atoms with E-state index in [9.17, 15) is 9.90 Å². The van der Waals surface area contributed by atoms with Crippen LogP contribution in [0.4, 0.5) is 5.69 Å². The molecule has 0 fully saturated rings. The summed E-state index contributed by atoms with van der Waals surface area (Å²) in [5.41, 5.74) is 5.20. The summed E-state index contributed by atoms with van der Waals surface area (Å²) in [6.07, 6.45) is 1.45. The van der Waals surface area contributed by atoms with E-state index in [-0.39, 0.29) is 12.0 Å². The van der Waals surface area contributed by atoms with Crippen molar-refractivity contribution in [3.8, 4) is 16.9 Å². The first-order valence-corrected chi connectivity index (χ1v) is 11.0. The standard InChI is InChI=1S/C24H28N2O3.C2H6/c1-3-21-15-23(28)16-22(26(21)13-4-14-27)17-25-20-9-5-18(6-10-20)19-7-11-24(29-2)12-8-19;1-2/h5-12,15-16,25,27H,3-4,13-14,17H2,1-2H3;1-2H3. The van der Waals surface area contributed by atoms with Crippen molar-refractivity contribution in [2.75, 3.05) is 19.0 Å². The fourth-order valence-electron chi connectivity index (χ4n) is 3.42. The molecule has 0 atom stereocenters. The SMILES string of the molecule is CC.CCc1cc(=O)cc(CNc2ccc(-c3ccc(OC)cc3)cc2)n1CCCO. The molecule has 5 heteroatoms. The van der Waals surface area contributed by atoms with Crippen LogP contribution in [-0.2, 0) is 19.5 Å². The van der Waals surface area contributed by atoms with Crippen LogP contribution in [0.2, 0.25) is 0 Å². The van der Waals surface area contributed by atoms with E-state index in [4.69, 9.17) is 4.74 Å². The van der Waals surface area contributed by atoms with E-state index in [1.807, 2.05) is 57.2 Å². The van der Waals surface area contributed by atoms with E-state index in [2.05, 4.69) is 22.0 Å². The summed E-state index contributed by atoms with van der Waals surface area (Å²) in [5.74, 6) is 0.841. The Labute approximate surface area is 185 Å². The number of rotatable bonds is 9. The summed E-state index contributed by atoms with van der Waals surface area (Å²) >= 11 is 0. The summed E-state index contributed by atoms with van der Waals surface area (Å²) in [7, 11) is 1.66. The largest absolute Gasteiger partial charge is 0.497 e. The highest BCUT2D eigenvalue weighted by molar-refractivity contribution is 5.66. The first kappa shape index (κ1) is 24.2. The van der Waals surface area contributed by atoms with Crippen LogP contribution in [0, 0.1) is 0 Å². The number of pyridine rings is 1. The Bertz CT molecular complexity index is 977. The van der Waals surface area contributed by atoms with E-state index in [1.54, 1.807) is 19.2 Å². The molecule has 1 heterocycles. The van der Waals surface area contributed by atoms with Crippen LogP contribution in [-0.4, -0.2) is 23.4 Å². The summed E-state index contributed by atoms with van der Waals surface area (Å²) in [4.78, 5) is 12.1. The topological polar surface area (TPSA) is 63.5 Å². The third kappa shape index (κ3) is 6.72. The van der Waals surface area contributed by atoms with Crippen molar-refractivity contribution in [1.29, 1.82) is 0 Å². The summed E-state index contributed by atoms with van der Waals surface area (Å²) in [6, 6.07) is 19.6. The second kappa shape index (κ2) is 12.6. The molecule has 3 aromatic rings. The normalized spacial score (nSPS) is 10.2. The van der Waals surface area contributed by atoms with Gasteiger partial charge < -0.3 is 19.7 Å². The molecular weight excluding hydrogens is 388 g/mol. The molecule has 0 radical (unpaired) electrons. The van der Waals surface area contributed by atoms with Gasteiger partial charge in [0, 0.05) is 42.4 Å². The molecular formula is C26H34N2O3. The number of aromatic nitrogens is 1. The lowest BCUT2D eigenvalue weighted by molar-refractivity contribution is 0.278. The highest BCUT2D eigenvalue weighted by Gasteiger charge is 2.07. The zero-order valence-corrected chi connectivity index (χ0v) is 19.0. The third-order valence-corrected chi connectivity index (χ3v) is 5.00. The molecule has 0 unspecified atom stereocenters. The molecule has 5 nitrogen and oxygen atoms in total. The number of aryl methyl sites for hydroxylation is 1. The van der Waals surface area contributed by atoms with Crippen molar-refractivity contribution in [2.24, 2.45) is 0 Å². The van der Waals surface area contributed by atoms with Crippen molar-refractivity contribution < 1.29 is 9.84 Å². The van der Waals surface area contributed by atoms with Gasteiger partial charge in [-0.3, -0.25) is 4.79 Å². The van der Waals surface area contributed by atoms with Crippen LogP contribution < -0.4 is 15.5 Å². The lowest BCUT2D eigenvalue weighted by Crippen LogP contribution is -2.19. The fraction of sp³-hybridized carbons (Fsp3) is 0.346. The molecule has 0 spiro atoms. The molecule has 0 saturated carbocycles. The zero-order chi connectivity index (χ0) is 22.6. The van der Waals surface area contributed by atoms with Crippen LogP contribution in [0.5, 0.6) is 5.75 Å². The molecule has 31 heavy (non-hydrogen) atoms. The number of aliphatic hydroxyl groups is 1. The molecule has 0 saturated heterocycles. The average Bonchev–Trinajstić information content (AvgIpc) is 2.83. The number of aliphatic hydroxyl groups excluding tert-OH is 1. The van der Waals surface area contributed by atoms with Crippen LogP contribution in [0.25, 0.3) is 11.1 Å². The van der Waals surface area contributed by atoms with Crippen molar-refractivity contribution >= 4 is 5.69 Å². The van der Waals surface area contributed by atoms with Gasteiger partial charge in [-0.25, -0.2) is 0 Å². The molecule has 0 aliphatic heterocycles. The molecule has 0 aliphatic carbocycles. The van der Waals surface area contributed by atoms with Gasteiger partial charge in [-0.05, 0) is 48.2 Å². The minimum Gasteiger partial charge on any atom is -0.497 e. The molecule has 2 N–H and O–H groups in total. The minimum atomic E-state index is 0.0220. The van der Waals surface area contributed by atoms with Gasteiger partial charge in [-0.15, -0.1) is 0 Å². The Hall–Kier alpha value is -3.05. The highest BCUT2D eigenvalue weighted by Crippen LogP contribution is 2.24. The smallest absolute Gasteiger partial charge is 0.182 e.